The number of rotatable bonds is 2. The molecule has 110 valence electrons. The highest BCUT2D eigenvalue weighted by atomic mass is 16.5. The molecule has 2 aliphatic rings. The van der Waals surface area contributed by atoms with Gasteiger partial charge in [-0.05, 0) is 31.4 Å². The summed E-state index contributed by atoms with van der Waals surface area (Å²) in [7, 11) is 1.65. The zero-order valence-corrected chi connectivity index (χ0v) is 12.2. The maximum atomic E-state index is 10.4. The lowest BCUT2D eigenvalue weighted by Gasteiger charge is -2.42. The zero-order valence-electron chi connectivity index (χ0n) is 12.2. The van der Waals surface area contributed by atoms with Crippen molar-refractivity contribution < 1.29 is 14.6 Å². The molecule has 1 saturated heterocycles. The van der Waals surface area contributed by atoms with E-state index in [9.17, 15) is 5.11 Å². The summed E-state index contributed by atoms with van der Waals surface area (Å²) in [6, 6.07) is 5.95. The number of para-hydroxylation sites is 1. The second-order valence-corrected chi connectivity index (χ2v) is 5.94. The number of piperidine rings is 1. The molecule has 3 atom stereocenters. The van der Waals surface area contributed by atoms with Gasteiger partial charge in [-0.2, -0.15) is 0 Å². The molecular formula is C16H23NO3. The van der Waals surface area contributed by atoms with Gasteiger partial charge in [0.05, 0.1) is 13.2 Å². The van der Waals surface area contributed by atoms with Crippen molar-refractivity contribution in [3.05, 3.63) is 23.8 Å². The average molecular weight is 277 g/mol. The van der Waals surface area contributed by atoms with E-state index in [2.05, 4.69) is 11.8 Å². The Morgan fingerprint density at radius 3 is 3.00 bits per heavy atom. The summed E-state index contributed by atoms with van der Waals surface area (Å²) in [6.45, 7) is 4.70. The fourth-order valence-electron chi connectivity index (χ4n) is 3.47. The van der Waals surface area contributed by atoms with Crippen LogP contribution in [-0.2, 0) is 0 Å². The van der Waals surface area contributed by atoms with Gasteiger partial charge in [0, 0.05) is 12.1 Å². The SMILES string of the molecule is COc1cccc2c1OCC(O)C2N1CCCC(C)C1. The average Bonchev–Trinajstić information content (AvgIpc) is 2.46. The van der Waals surface area contributed by atoms with E-state index in [-0.39, 0.29) is 6.04 Å². The third-order valence-electron chi connectivity index (χ3n) is 4.39. The maximum absolute atomic E-state index is 10.4. The molecule has 1 aromatic rings. The molecule has 0 radical (unpaired) electrons. The molecule has 0 aromatic heterocycles. The van der Waals surface area contributed by atoms with E-state index in [0.29, 0.717) is 12.5 Å². The quantitative estimate of drug-likeness (QED) is 0.900. The van der Waals surface area contributed by atoms with Gasteiger partial charge in [0.1, 0.15) is 12.7 Å². The summed E-state index contributed by atoms with van der Waals surface area (Å²) >= 11 is 0. The Hall–Kier alpha value is -1.26. The first kappa shape index (κ1) is 13.7. The highest BCUT2D eigenvalue weighted by molar-refractivity contribution is 5.49. The second-order valence-electron chi connectivity index (χ2n) is 5.94. The van der Waals surface area contributed by atoms with Crippen LogP contribution in [0.4, 0.5) is 0 Å². The number of nitrogens with zero attached hydrogens (tertiary/aromatic N) is 1. The van der Waals surface area contributed by atoms with Gasteiger partial charge in [-0.1, -0.05) is 19.1 Å². The number of aliphatic hydroxyl groups excluding tert-OH is 1. The summed E-state index contributed by atoms with van der Waals surface area (Å²) in [5.74, 6) is 2.24. The van der Waals surface area contributed by atoms with Crippen molar-refractivity contribution in [2.75, 3.05) is 26.8 Å². The molecule has 1 aromatic carbocycles. The Morgan fingerprint density at radius 2 is 2.25 bits per heavy atom. The van der Waals surface area contributed by atoms with Crippen molar-refractivity contribution in [1.29, 1.82) is 0 Å². The Morgan fingerprint density at radius 1 is 1.40 bits per heavy atom. The minimum atomic E-state index is -0.472. The molecule has 2 aliphatic heterocycles. The number of hydrogen-bond acceptors (Lipinski definition) is 4. The number of benzene rings is 1. The zero-order chi connectivity index (χ0) is 14.1. The van der Waals surface area contributed by atoms with Crippen LogP contribution in [0.5, 0.6) is 11.5 Å². The third-order valence-corrected chi connectivity index (χ3v) is 4.39. The maximum Gasteiger partial charge on any atom is 0.166 e. The third kappa shape index (κ3) is 2.38. The number of methoxy groups -OCH3 is 1. The van der Waals surface area contributed by atoms with E-state index in [1.54, 1.807) is 7.11 Å². The fourth-order valence-corrected chi connectivity index (χ4v) is 3.47. The summed E-state index contributed by atoms with van der Waals surface area (Å²) in [5.41, 5.74) is 1.05. The van der Waals surface area contributed by atoms with Crippen LogP contribution in [0.2, 0.25) is 0 Å². The first-order valence-electron chi connectivity index (χ1n) is 7.42. The molecule has 1 N–H and O–H groups in total. The summed E-state index contributed by atoms with van der Waals surface area (Å²) < 4.78 is 11.1. The molecule has 1 fully saturated rings. The molecule has 20 heavy (non-hydrogen) atoms. The predicted octanol–water partition coefficient (Wildman–Crippen LogP) is 2.22. The number of ether oxygens (including phenoxy) is 2. The molecule has 4 heteroatoms. The number of likely N-dealkylation sites (tertiary alicyclic amines) is 1. The van der Waals surface area contributed by atoms with Crippen molar-refractivity contribution in [3.63, 3.8) is 0 Å². The van der Waals surface area contributed by atoms with E-state index in [1.165, 1.54) is 12.8 Å². The van der Waals surface area contributed by atoms with Gasteiger partial charge >= 0.3 is 0 Å². The van der Waals surface area contributed by atoms with Crippen LogP contribution in [-0.4, -0.2) is 42.9 Å². The van der Waals surface area contributed by atoms with Gasteiger partial charge < -0.3 is 14.6 Å². The lowest BCUT2D eigenvalue weighted by molar-refractivity contribution is -0.0148. The Kier molecular flexibility index (Phi) is 3.85. The molecule has 0 amide bonds. The van der Waals surface area contributed by atoms with E-state index < -0.39 is 6.10 Å². The lowest BCUT2D eigenvalue weighted by atomic mass is 9.91. The molecule has 0 spiro atoms. The molecule has 3 unspecified atom stereocenters. The number of aliphatic hydroxyl groups is 1. The van der Waals surface area contributed by atoms with Crippen molar-refractivity contribution in [2.24, 2.45) is 5.92 Å². The van der Waals surface area contributed by atoms with Gasteiger partial charge in [0.2, 0.25) is 0 Å². The molecule has 3 rings (SSSR count). The van der Waals surface area contributed by atoms with E-state index in [1.807, 2.05) is 18.2 Å². The standard InChI is InChI=1S/C16H23NO3/c1-11-5-4-8-17(9-11)15-12-6-3-7-14(19-2)16(12)20-10-13(15)18/h3,6-7,11,13,15,18H,4-5,8-10H2,1-2H3. The largest absolute Gasteiger partial charge is 0.493 e. The van der Waals surface area contributed by atoms with Gasteiger partial charge in [0.25, 0.3) is 0 Å². The van der Waals surface area contributed by atoms with Crippen molar-refractivity contribution >= 4 is 0 Å². The smallest absolute Gasteiger partial charge is 0.166 e. The van der Waals surface area contributed by atoms with Crippen LogP contribution in [0.15, 0.2) is 18.2 Å². The molecule has 0 bridgehead atoms. The minimum absolute atomic E-state index is 0.0246. The highest BCUT2D eigenvalue weighted by Crippen LogP contribution is 2.42. The number of hydrogen-bond donors (Lipinski definition) is 1. The van der Waals surface area contributed by atoms with Gasteiger partial charge in [0.15, 0.2) is 11.5 Å². The summed E-state index contributed by atoms with van der Waals surface area (Å²) in [6.07, 6.45) is 2.01. The molecule has 4 nitrogen and oxygen atoms in total. The van der Waals surface area contributed by atoms with E-state index in [4.69, 9.17) is 9.47 Å². The molecule has 0 aliphatic carbocycles. The first-order valence-corrected chi connectivity index (χ1v) is 7.42. The normalized spacial score (nSPS) is 30.4. The van der Waals surface area contributed by atoms with Crippen LogP contribution in [0.1, 0.15) is 31.4 Å². The molecule has 2 heterocycles. The monoisotopic (exact) mass is 277 g/mol. The van der Waals surface area contributed by atoms with Crippen LogP contribution in [0.25, 0.3) is 0 Å². The van der Waals surface area contributed by atoms with Crippen LogP contribution in [0.3, 0.4) is 0 Å². The summed E-state index contributed by atoms with van der Waals surface area (Å²) in [4.78, 5) is 2.40. The topological polar surface area (TPSA) is 41.9 Å². The van der Waals surface area contributed by atoms with Gasteiger partial charge in [-0.25, -0.2) is 0 Å². The van der Waals surface area contributed by atoms with Crippen molar-refractivity contribution in [2.45, 2.75) is 31.9 Å². The molecule has 0 saturated carbocycles. The summed E-state index contributed by atoms with van der Waals surface area (Å²) in [5, 5.41) is 10.4. The van der Waals surface area contributed by atoms with Crippen LogP contribution in [0, 0.1) is 5.92 Å². The predicted molar refractivity (Wildman–Crippen MR) is 77.2 cm³/mol. The van der Waals surface area contributed by atoms with E-state index >= 15 is 0 Å². The van der Waals surface area contributed by atoms with Gasteiger partial charge in [-0.3, -0.25) is 4.90 Å². The highest BCUT2D eigenvalue weighted by Gasteiger charge is 2.36. The van der Waals surface area contributed by atoms with Crippen molar-refractivity contribution in [1.82, 2.24) is 4.90 Å². The van der Waals surface area contributed by atoms with Gasteiger partial charge in [-0.15, -0.1) is 0 Å². The van der Waals surface area contributed by atoms with E-state index in [0.717, 1.165) is 30.2 Å². The Balaban J connectivity index is 1.95. The Labute approximate surface area is 120 Å². The minimum Gasteiger partial charge on any atom is -0.493 e. The lowest BCUT2D eigenvalue weighted by Crippen LogP contribution is -2.46. The number of fused-ring (bicyclic) bond motifs is 1. The second kappa shape index (κ2) is 5.62. The Bertz CT molecular complexity index is 477. The van der Waals surface area contributed by atoms with Crippen LogP contribution >= 0.6 is 0 Å². The fraction of sp³-hybridized carbons (Fsp3) is 0.625. The van der Waals surface area contributed by atoms with Crippen LogP contribution < -0.4 is 9.47 Å². The molecular weight excluding hydrogens is 254 g/mol. The van der Waals surface area contributed by atoms with Crippen molar-refractivity contribution in [3.8, 4) is 11.5 Å². The first-order chi connectivity index (χ1) is 9.70.